The number of amides is 1. The van der Waals surface area contributed by atoms with E-state index in [0.717, 1.165) is 5.69 Å². The molecule has 0 fully saturated rings. The number of hydrogen-bond acceptors (Lipinski definition) is 3. The molecule has 3 aromatic rings. The van der Waals surface area contributed by atoms with Crippen LogP contribution in [0.3, 0.4) is 0 Å². The fourth-order valence-corrected chi connectivity index (χ4v) is 2.53. The first kappa shape index (κ1) is 31.6. The first-order chi connectivity index (χ1) is 13.4. The number of hydrogen-bond donors (Lipinski definition) is 2. The second-order valence-electron chi connectivity index (χ2n) is 5.82. The molecule has 0 spiro atoms. The highest BCUT2D eigenvalue weighted by molar-refractivity contribution is 6.42. The molecule has 0 aliphatic carbocycles. The van der Waals surface area contributed by atoms with E-state index in [4.69, 9.17) is 28.4 Å². The average Bonchev–Trinajstić information content (AvgIpc) is 2.67. The lowest BCUT2D eigenvalue weighted by molar-refractivity contribution is -0.672. The second kappa shape index (κ2) is 16.1. The second-order valence-corrected chi connectivity index (χ2v) is 6.64. The minimum Gasteiger partial charge on any atom is -1.00 e. The molecule has 1 aromatic carbocycles. The zero-order valence-corrected chi connectivity index (χ0v) is 22.5. The third-order valence-electron chi connectivity index (χ3n) is 3.66. The molecule has 7 nitrogen and oxygen atoms in total. The number of rotatable bonds is 3. The van der Waals surface area contributed by atoms with Crippen LogP contribution in [0.15, 0.2) is 72.3 Å². The van der Waals surface area contributed by atoms with Gasteiger partial charge >= 0.3 is 0 Å². The summed E-state index contributed by atoms with van der Waals surface area (Å²) in [5, 5.41) is 14.7. The van der Waals surface area contributed by atoms with E-state index in [1.165, 1.54) is 6.21 Å². The van der Waals surface area contributed by atoms with E-state index >= 15 is 0 Å². The summed E-state index contributed by atoms with van der Waals surface area (Å²) in [4.78, 5) is 12.0. The molecule has 31 heavy (non-hydrogen) atoms. The highest BCUT2D eigenvalue weighted by atomic mass is 127. The van der Waals surface area contributed by atoms with Crippen molar-refractivity contribution in [3.05, 3.63) is 88.4 Å². The summed E-state index contributed by atoms with van der Waals surface area (Å²) in [6.07, 6.45) is 6.87. The van der Waals surface area contributed by atoms with Crippen molar-refractivity contribution < 1.29 is 72.6 Å². The van der Waals surface area contributed by atoms with Gasteiger partial charge in [-0.15, -0.1) is 0 Å². The Kier molecular flexibility index (Phi) is 16.5. The molecule has 0 aliphatic rings. The number of benzene rings is 1. The Hall–Kier alpha value is -1.54. The quantitative estimate of drug-likeness (QED) is 0.0985. The number of carbonyl (C=O) groups excluding carboxylic acids is 1. The van der Waals surface area contributed by atoms with Gasteiger partial charge in [0.2, 0.25) is 5.69 Å². The van der Waals surface area contributed by atoms with E-state index in [1.807, 2.05) is 59.9 Å². The maximum absolute atomic E-state index is 12.0. The zero-order valence-electron chi connectivity index (χ0n) is 16.6. The highest BCUT2D eigenvalue weighted by Gasteiger charge is 2.10. The molecule has 0 radical (unpaired) electrons. The van der Waals surface area contributed by atoms with Gasteiger partial charge in [0, 0.05) is 23.9 Å². The minimum atomic E-state index is -0.190. The number of nitrogens with zero attached hydrogens (tertiary/aromatic N) is 3. The predicted octanol–water partition coefficient (Wildman–Crippen LogP) is -3.43. The SMILES string of the molecule is C[n+]1cccc(C(=O)Nc2ccc(Cl)c(Cl)c2)c1.C[n+]1ccccc1C=NO.O.[I-].[I-]. The Morgan fingerprint density at radius 1 is 1.03 bits per heavy atom. The molecule has 1 amide bonds. The van der Waals surface area contributed by atoms with Crippen molar-refractivity contribution in [3.63, 3.8) is 0 Å². The number of carbonyl (C=O) groups is 1. The van der Waals surface area contributed by atoms with Crippen molar-refractivity contribution >= 4 is 41.0 Å². The van der Waals surface area contributed by atoms with E-state index in [2.05, 4.69) is 10.5 Å². The van der Waals surface area contributed by atoms with Crippen LogP contribution >= 0.6 is 23.2 Å². The number of halogens is 4. The molecule has 0 unspecified atom stereocenters. The van der Waals surface area contributed by atoms with Gasteiger partial charge in [-0.3, -0.25) is 4.79 Å². The monoisotopic (exact) mass is 690 g/mol. The van der Waals surface area contributed by atoms with Crippen LogP contribution < -0.4 is 62.4 Å². The Morgan fingerprint density at radius 3 is 2.32 bits per heavy atom. The summed E-state index contributed by atoms with van der Waals surface area (Å²) < 4.78 is 3.67. The number of nitrogens with one attached hydrogen (secondary N) is 1. The number of aromatic nitrogens is 2. The molecule has 2 heterocycles. The van der Waals surface area contributed by atoms with E-state index in [0.29, 0.717) is 21.3 Å². The molecule has 4 N–H and O–H groups in total. The summed E-state index contributed by atoms with van der Waals surface area (Å²) in [6, 6.07) is 14.2. The predicted molar refractivity (Wildman–Crippen MR) is 113 cm³/mol. The van der Waals surface area contributed by atoms with Crippen molar-refractivity contribution in [2.75, 3.05) is 5.32 Å². The van der Waals surface area contributed by atoms with Crippen LogP contribution in [-0.2, 0) is 14.1 Å². The maximum atomic E-state index is 12.0. The van der Waals surface area contributed by atoms with Crippen LogP contribution in [0.2, 0.25) is 10.0 Å². The maximum Gasteiger partial charge on any atom is 0.261 e. The first-order valence-corrected chi connectivity index (χ1v) is 9.00. The van der Waals surface area contributed by atoms with Crippen LogP contribution in [0.25, 0.3) is 0 Å². The van der Waals surface area contributed by atoms with Gasteiger partial charge in [0.25, 0.3) is 5.91 Å². The van der Waals surface area contributed by atoms with Gasteiger partial charge in [-0.05, 0) is 30.3 Å². The molecule has 2 aromatic heterocycles. The van der Waals surface area contributed by atoms with Gasteiger partial charge in [0.1, 0.15) is 25.9 Å². The Morgan fingerprint density at radius 2 is 1.74 bits per heavy atom. The topological polar surface area (TPSA) is 101 Å². The number of oxime groups is 1. The lowest BCUT2D eigenvalue weighted by Crippen LogP contribution is -3.00. The largest absolute Gasteiger partial charge is 1.00 e. The number of aryl methyl sites for hydroxylation is 2. The van der Waals surface area contributed by atoms with E-state index in [1.54, 1.807) is 30.5 Å². The third-order valence-corrected chi connectivity index (χ3v) is 4.40. The average molecular weight is 691 g/mol. The van der Waals surface area contributed by atoms with Gasteiger partial charge in [-0.25, -0.2) is 9.13 Å². The van der Waals surface area contributed by atoms with Gasteiger partial charge in [0.15, 0.2) is 18.6 Å². The lowest BCUT2D eigenvalue weighted by atomic mass is 10.2. The molecule has 0 atom stereocenters. The standard InChI is InChI=1S/C13H10Cl2N2O.C7H8N2O.2HI.H2O/c1-17-6-2-3-9(8-17)13(18)16-10-4-5-11(14)12(15)7-10;1-9-5-3-2-4-7(9)6-8-10;;;/h2-8H,1H3;2-6H,1H3;2*1H;1H2. The summed E-state index contributed by atoms with van der Waals surface area (Å²) >= 11 is 11.7. The minimum absolute atomic E-state index is 0. The fraction of sp³-hybridized carbons (Fsp3) is 0.100. The van der Waals surface area contributed by atoms with Crippen LogP contribution in [-0.4, -0.2) is 22.8 Å². The molecular formula is C20H22Cl2I2N4O3. The smallest absolute Gasteiger partial charge is 0.261 e. The van der Waals surface area contributed by atoms with Crippen LogP contribution in [0.4, 0.5) is 5.69 Å². The Bertz CT molecular complexity index is 1010. The molecule has 11 heteroatoms. The molecular weight excluding hydrogens is 669 g/mol. The Labute approximate surface area is 225 Å². The van der Waals surface area contributed by atoms with E-state index < -0.39 is 0 Å². The zero-order chi connectivity index (χ0) is 20.5. The van der Waals surface area contributed by atoms with Crippen LogP contribution in [0.5, 0.6) is 0 Å². The van der Waals surface area contributed by atoms with Gasteiger partial charge in [-0.1, -0.05) is 28.4 Å². The summed E-state index contributed by atoms with van der Waals surface area (Å²) in [7, 11) is 3.74. The van der Waals surface area contributed by atoms with Crippen molar-refractivity contribution in [2.45, 2.75) is 0 Å². The van der Waals surface area contributed by atoms with Crippen molar-refractivity contribution in [2.24, 2.45) is 19.3 Å². The molecule has 0 bridgehead atoms. The summed E-state index contributed by atoms with van der Waals surface area (Å²) in [5.74, 6) is -0.190. The Balaban J connectivity index is 0. The molecule has 168 valence electrons. The van der Waals surface area contributed by atoms with Crippen molar-refractivity contribution in [3.8, 4) is 0 Å². The highest BCUT2D eigenvalue weighted by Crippen LogP contribution is 2.25. The van der Waals surface area contributed by atoms with Gasteiger partial charge in [-0.2, -0.15) is 0 Å². The fourth-order valence-electron chi connectivity index (χ4n) is 2.23. The van der Waals surface area contributed by atoms with Gasteiger partial charge < -0.3 is 64.0 Å². The van der Waals surface area contributed by atoms with Crippen molar-refractivity contribution in [1.29, 1.82) is 0 Å². The third kappa shape index (κ3) is 10.5. The molecule has 0 saturated carbocycles. The number of pyridine rings is 2. The van der Waals surface area contributed by atoms with E-state index in [-0.39, 0.29) is 59.3 Å². The molecule has 0 aliphatic heterocycles. The summed E-state index contributed by atoms with van der Waals surface area (Å²) in [6.45, 7) is 0. The van der Waals surface area contributed by atoms with Gasteiger partial charge in [0.05, 0.1) is 10.0 Å². The van der Waals surface area contributed by atoms with Crippen molar-refractivity contribution in [1.82, 2.24) is 0 Å². The molecule has 0 saturated heterocycles. The van der Waals surface area contributed by atoms with E-state index in [9.17, 15) is 4.79 Å². The lowest BCUT2D eigenvalue weighted by Gasteiger charge is -2.05. The van der Waals surface area contributed by atoms with Crippen LogP contribution in [0.1, 0.15) is 16.1 Å². The molecule has 3 rings (SSSR count). The first-order valence-electron chi connectivity index (χ1n) is 8.24. The van der Waals surface area contributed by atoms with Crippen LogP contribution in [0, 0.1) is 0 Å². The summed E-state index contributed by atoms with van der Waals surface area (Å²) in [5.41, 5.74) is 2.05. The normalized spacial score (nSPS) is 9.29. The number of anilines is 1.